The number of rotatable bonds is 56. The van der Waals surface area contributed by atoms with E-state index in [9.17, 15) is 19.5 Å². The van der Waals surface area contributed by atoms with Gasteiger partial charge in [-0.05, 0) is 38.5 Å². The van der Waals surface area contributed by atoms with E-state index in [1.165, 1.54) is 193 Å². The Labute approximate surface area is 450 Å². The number of nitrogens with zero attached hydrogens (tertiary/aromatic N) is 1. The molecule has 0 heterocycles. The van der Waals surface area contributed by atoms with Gasteiger partial charge in [0.05, 0.1) is 46.7 Å². The Morgan fingerprint density at radius 2 is 0.767 bits per heavy atom. The molecule has 0 aromatic rings. The van der Waals surface area contributed by atoms with Gasteiger partial charge in [-0.25, -0.2) is 0 Å². The minimum Gasteiger partial charge on any atom is -0.545 e. The van der Waals surface area contributed by atoms with Crippen LogP contribution in [-0.2, 0) is 33.3 Å². The summed E-state index contributed by atoms with van der Waals surface area (Å²) in [6, 6.07) is 0. The zero-order valence-electron chi connectivity index (χ0n) is 48.3. The van der Waals surface area contributed by atoms with Crippen molar-refractivity contribution in [2.75, 3.05) is 47.5 Å². The number of carbonyl (C=O) groups is 3. The molecule has 0 aromatic carbocycles. The lowest BCUT2D eigenvalue weighted by Crippen LogP contribution is -2.44. The van der Waals surface area contributed by atoms with E-state index < -0.39 is 24.3 Å². The quantitative estimate of drug-likeness (QED) is 0.0195. The highest BCUT2D eigenvalue weighted by Crippen LogP contribution is 2.18. The monoisotopic (exact) mass is 1030 g/mol. The molecule has 0 rings (SSSR count). The Morgan fingerprint density at radius 1 is 0.425 bits per heavy atom. The van der Waals surface area contributed by atoms with E-state index in [1.54, 1.807) is 6.08 Å². The third-order valence-electron chi connectivity index (χ3n) is 13.3. The van der Waals surface area contributed by atoms with Crippen molar-refractivity contribution in [2.45, 2.75) is 283 Å². The fraction of sp³-hybridized carbons (Fsp3) is 0.797. The normalized spacial score (nSPS) is 13.2. The first-order chi connectivity index (χ1) is 35.6. The van der Waals surface area contributed by atoms with E-state index in [2.05, 4.69) is 56.4 Å². The number of allylic oxidation sites excluding steroid dienone is 9. The maximum Gasteiger partial charge on any atom is 0.310 e. The number of quaternary nitrogens is 1. The summed E-state index contributed by atoms with van der Waals surface area (Å²) < 4.78 is 22.5. The molecule has 0 saturated heterocycles. The lowest BCUT2D eigenvalue weighted by atomic mass is 10.0. The van der Waals surface area contributed by atoms with Gasteiger partial charge in [-0.15, -0.1) is 0 Å². The van der Waals surface area contributed by atoms with Crippen LogP contribution in [-0.4, -0.2) is 82.3 Å². The largest absolute Gasteiger partial charge is 0.545 e. The van der Waals surface area contributed by atoms with Crippen molar-refractivity contribution >= 4 is 17.9 Å². The molecule has 0 radical (unpaired) electrons. The number of hydrogen-bond donors (Lipinski definition) is 0. The standard InChI is InChI=1S/C64H115NO8/c1-6-8-10-12-14-16-18-20-22-23-24-25-26-27-28-29-30-31-32-33-34-35-36-37-38-39-41-42-44-46-48-50-52-54-61(66)71-58-60(59-72-64(63(68)69)70-57-56-65(3,4)5)73-62(67)55-53-51-49-47-45-43-40-21-19-17-15-13-11-9-7-2/h9,11,15,17,21,40,45,47,51,53,60,64H,6-8,10,12-14,16,18-20,22-39,41-44,46,48-50,52,54-59H2,1-5H3/b11-9-,17-15-,40-21-,47-45-,53-51-. The van der Waals surface area contributed by atoms with Gasteiger partial charge in [0, 0.05) is 6.42 Å². The zero-order valence-corrected chi connectivity index (χ0v) is 48.3. The van der Waals surface area contributed by atoms with Gasteiger partial charge in [-0.2, -0.15) is 0 Å². The third-order valence-corrected chi connectivity index (χ3v) is 13.3. The van der Waals surface area contributed by atoms with Gasteiger partial charge in [-0.1, -0.05) is 280 Å². The average molecular weight is 1030 g/mol. The van der Waals surface area contributed by atoms with Crippen LogP contribution in [0.2, 0.25) is 0 Å². The number of carbonyl (C=O) groups excluding carboxylic acids is 3. The van der Waals surface area contributed by atoms with E-state index in [4.69, 9.17) is 18.9 Å². The molecule has 0 fully saturated rings. The smallest absolute Gasteiger partial charge is 0.310 e. The molecule has 0 aliphatic rings. The molecule has 9 heteroatoms. The second-order valence-corrected chi connectivity index (χ2v) is 21.6. The summed E-state index contributed by atoms with van der Waals surface area (Å²) in [5.74, 6) is -2.44. The molecule has 0 aliphatic carbocycles. The van der Waals surface area contributed by atoms with Crippen LogP contribution in [0.15, 0.2) is 60.8 Å². The van der Waals surface area contributed by atoms with Crippen LogP contribution in [0.5, 0.6) is 0 Å². The van der Waals surface area contributed by atoms with Crippen molar-refractivity contribution in [1.29, 1.82) is 0 Å². The lowest BCUT2D eigenvalue weighted by molar-refractivity contribution is -0.870. The number of carboxylic acid groups (broad SMARTS) is 1. The topological polar surface area (TPSA) is 111 Å². The number of carboxylic acids is 1. The van der Waals surface area contributed by atoms with Crippen molar-refractivity contribution in [1.82, 2.24) is 0 Å². The molecule has 0 bridgehead atoms. The third kappa shape index (κ3) is 56.6. The summed E-state index contributed by atoms with van der Waals surface area (Å²) in [6.07, 6.45) is 67.8. The van der Waals surface area contributed by atoms with Crippen LogP contribution in [0, 0.1) is 0 Å². The molecule has 73 heavy (non-hydrogen) atoms. The number of likely N-dealkylation sites (N-methyl/N-ethyl adjacent to an activating group) is 1. The van der Waals surface area contributed by atoms with E-state index >= 15 is 0 Å². The maximum atomic E-state index is 12.7. The van der Waals surface area contributed by atoms with Gasteiger partial charge in [0.1, 0.15) is 13.2 Å². The molecule has 0 spiro atoms. The maximum absolute atomic E-state index is 12.7. The Bertz CT molecular complexity index is 1380. The number of aliphatic carboxylic acids is 1. The highest BCUT2D eigenvalue weighted by Gasteiger charge is 2.21. The second kappa shape index (κ2) is 55.2. The van der Waals surface area contributed by atoms with Crippen LogP contribution in [0.1, 0.15) is 271 Å². The molecule has 9 nitrogen and oxygen atoms in total. The van der Waals surface area contributed by atoms with E-state index in [0.717, 1.165) is 44.9 Å². The molecule has 0 saturated carbocycles. The van der Waals surface area contributed by atoms with Crippen molar-refractivity contribution in [3.63, 3.8) is 0 Å². The van der Waals surface area contributed by atoms with Crippen LogP contribution in [0.3, 0.4) is 0 Å². The lowest BCUT2D eigenvalue weighted by Gasteiger charge is -2.26. The van der Waals surface area contributed by atoms with Gasteiger partial charge in [0.25, 0.3) is 0 Å². The first kappa shape index (κ1) is 70.0. The van der Waals surface area contributed by atoms with Gasteiger partial charge in [0.2, 0.25) is 0 Å². The number of esters is 2. The molecule has 424 valence electrons. The predicted molar refractivity (Wildman–Crippen MR) is 306 cm³/mol. The molecule has 2 unspecified atom stereocenters. The summed E-state index contributed by atoms with van der Waals surface area (Å²) in [4.78, 5) is 37.1. The van der Waals surface area contributed by atoms with Gasteiger partial charge in [0.15, 0.2) is 12.4 Å². The minimum atomic E-state index is -1.65. The van der Waals surface area contributed by atoms with E-state index in [0.29, 0.717) is 17.4 Å². The molecule has 0 aliphatic heterocycles. The van der Waals surface area contributed by atoms with Crippen LogP contribution < -0.4 is 5.11 Å². The Kier molecular flexibility index (Phi) is 53.0. The minimum absolute atomic E-state index is 0.0155. The summed E-state index contributed by atoms with van der Waals surface area (Å²) in [5.41, 5.74) is 0. The van der Waals surface area contributed by atoms with Gasteiger partial charge < -0.3 is 33.3 Å². The first-order valence-electron chi connectivity index (χ1n) is 30.4. The molecular formula is C64H115NO8. The molecule has 0 amide bonds. The number of unbranched alkanes of at least 4 members (excludes halogenated alkanes) is 32. The highest BCUT2D eigenvalue weighted by atomic mass is 16.7. The van der Waals surface area contributed by atoms with Gasteiger partial charge in [-0.3, -0.25) is 9.59 Å². The van der Waals surface area contributed by atoms with Crippen LogP contribution >= 0.6 is 0 Å². The van der Waals surface area contributed by atoms with Crippen molar-refractivity contribution in [3.05, 3.63) is 60.8 Å². The van der Waals surface area contributed by atoms with E-state index in [-0.39, 0.29) is 38.6 Å². The number of ether oxygens (including phenoxy) is 4. The summed E-state index contributed by atoms with van der Waals surface area (Å²) >= 11 is 0. The molecular weight excluding hydrogens is 911 g/mol. The molecule has 0 N–H and O–H groups in total. The fourth-order valence-corrected chi connectivity index (χ4v) is 8.67. The average Bonchev–Trinajstić information content (AvgIpc) is 3.36. The Balaban J connectivity index is 4.08. The predicted octanol–water partition coefficient (Wildman–Crippen LogP) is 16.7. The summed E-state index contributed by atoms with van der Waals surface area (Å²) in [7, 11) is 5.89. The SMILES string of the molecule is CC/C=C\C/C=C\C/C=C\C/C=C\C/C=C\CC(=O)OC(COC(=O)CCCCCCCCCCCCCCCCCCCCCCCCCCCCCCCCCCC)COC(OCC[N+](C)(C)C)C(=O)[O-]. The van der Waals surface area contributed by atoms with Crippen molar-refractivity contribution < 1.29 is 42.9 Å². The first-order valence-corrected chi connectivity index (χ1v) is 30.4. The summed E-state index contributed by atoms with van der Waals surface area (Å²) in [6.45, 7) is 4.54. The van der Waals surface area contributed by atoms with Crippen molar-refractivity contribution in [3.8, 4) is 0 Å². The van der Waals surface area contributed by atoms with Crippen LogP contribution in [0.4, 0.5) is 0 Å². The van der Waals surface area contributed by atoms with Gasteiger partial charge >= 0.3 is 11.9 Å². The van der Waals surface area contributed by atoms with E-state index in [1.807, 2.05) is 33.3 Å². The zero-order chi connectivity index (χ0) is 53.4. The molecule has 2 atom stereocenters. The van der Waals surface area contributed by atoms with Crippen LogP contribution in [0.25, 0.3) is 0 Å². The Hall–Kier alpha value is -3.01. The fourth-order valence-electron chi connectivity index (χ4n) is 8.67. The Morgan fingerprint density at radius 3 is 1.11 bits per heavy atom. The second-order valence-electron chi connectivity index (χ2n) is 21.6. The van der Waals surface area contributed by atoms with Crippen molar-refractivity contribution in [2.24, 2.45) is 0 Å². The highest BCUT2D eigenvalue weighted by molar-refractivity contribution is 5.71. The number of hydrogen-bond acceptors (Lipinski definition) is 8. The summed E-state index contributed by atoms with van der Waals surface area (Å²) in [5, 5.41) is 11.7. The molecule has 0 aromatic heterocycles.